The van der Waals surface area contributed by atoms with Gasteiger partial charge in [-0.05, 0) is 11.6 Å². The minimum atomic E-state index is 0.288. The van der Waals surface area contributed by atoms with Crippen molar-refractivity contribution in [2.45, 2.75) is 6.42 Å². The van der Waals surface area contributed by atoms with E-state index in [1.54, 1.807) is 25.2 Å². The van der Waals surface area contributed by atoms with Crippen LogP contribution in [0.4, 0.5) is 5.69 Å². The number of nitroso groups, excluding NO2 is 1. The van der Waals surface area contributed by atoms with E-state index in [0.717, 1.165) is 5.56 Å². The average Bonchev–Trinajstić information content (AvgIpc) is 2.18. The van der Waals surface area contributed by atoms with Crippen LogP contribution in [0.3, 0.4) is 0 Å². The first kappa shape index (κ1) is 9.20. The van der Waals surface area contributed by atoms with E-state index in [1.165, 1.54) is 5.01 Å². The topological polar surface area (TPSA) is 56.5 Å². The monoisotopic (exact) mass is 175 g/mol. The number of rotatable bonds is 3. The van der Waals surface area contributed by atoms with Gasteiger partial charge in [0.2, 0.25) is 0 Å². The molecule has 1 aromatic carbocycles. The first-order valence-electron chi connectivity index (χ1n) is 3.81. The van der Waals surface area contributed by atoms with E-state index >= 15 is 0 Å². The van der Waals surface area contributed by atoms with Crippen LogP contribution in [0.5, 0.6) is 0 Å². The van der Waals surface area contributed by atoms with Gasteiger partial charge in [0.15, 0.2) is 0 Å². The summed E-state index contributed by atoms with van der Waals surface area (Å²) in [6.45, 7) is 0. The Hall–Kier alpha value is -1.89. The molecule has 0 saturated heterocycles. The van der Waals surface area contributed by atoms with E-state index in [2.05, 4.69) is 5.29 Å². The van der Waals surface area contributed by atoms with Crippen molar-refractivity contribution >= 4 is 5.69 Å². The van der Waals surface area contributed by atoms with Crippen LogP contribution in [-0.2, 0) is 6.42 Å². The van der Waals surface area contributed by atoms with E-state index in [0.29, 0.717) is 5.69 Å². The molecule has 13 heavy (non-hydrogen) atoms. The molecule has 0 amide bonds. The maximum Gasteiger partial charge on any atom is 0.0670 e. The molecule has 0 aliphatic carbocycles. The van der Waals surface area contributed by atoms with E-state index < -0.39 is 0 Å². The maximum atomic E-state index is 10.3. The summed E-state index contributed by atoms with van der Waals surface area (Å²) in [6.07, 6.45) is 0.288. The summed E-state index contributed by atoms with van der Waals surface area (Å²) in [5.74, 6) is 0. The lowest BCUT2D eigenvalue weighted by Crippen LogP contribution is -2.09. The summed E-state index contributed by atoms with van der Waals surface area (Å²) in [5.41, 5.74) is 1.49. The van der Waals surface area contributed by atoms with Crippen molar-refractivity contribution in [2.24, 2.45) is 5.29 Å². The Kier molecular flexibility index (Phi) is 2.98. The van der Waals surface area contributed by atoms with Gasteiger partial charge >= 0.3 is 0 Å². The molecule has 0 fully saturated rings. The standard InChI is InChI=1S/C9H9N3O/c1-12(11-13)9-5-3-2-4-8(9)6-7-10/h2-5H,6H2,1H3. The summed E-state index contributed by atoms with van der Waals surface area (Å²) >= 11 is 0. The highest BCUT2D eigenvalue weighted by molar-refractivity contribution is 5.53. The van der Waals surface area contributed by atoms with Crippen LogP contribution in [0.15, 0.2) is 29.6 Å². The lowest BCUT2D eigenvalue weighted by atomic mass is 10.1. The predicted molar refractivity (Wildman–Crippen MR) is 50.0 cm³/mol. The normalized spacial score (nSPS) is 8.92. The zero-order valence-corrected chi connectivity index (χ0v) is 7.27. The number of nitriles is 1. The SMILES string of the molecule is CN(N=O)c1ccccc1CC#N. The number of nitrogens with zero attached hydrogens (tertiary/aromatic N) is 3. The molecule has 0 bridgehead atoms. The van der Waals surface area contributed by atoms with Gasteiger partial charge in [-0.3, -0.25) is 0 Å². The fourth-order valence-corrected chi connectivity index (χ4v) is 1.11. The Morgan fingerprint density at radius 3 is 2.85 bits per heavy atom. The molecule has 1 rings (SSSR count). The van der Waals surface area contributed by atoms with Gasteiger partial charge in [-0.2, -0.15) is 5.26 Å². The average molecular weight is 175 g/mol. The highest BCUT2D eigenvalue weighted by Crippen LogP contribution is 2.19. The third-order valence-electron chi connectivity index (χ3n) is 1.73. The van der Waals surface area contributed by atoms with Crippen LogP contribution >= 0.6 is 0 Å². The first-order valence-corrected chi connectivity index (χ1v) is 3.81. The Morgan fingerprint density at radius 2 is 2.23 bits per heavy atom. The second kappa shape index (κ2) is 4.21. The highest BCUT2D eigenvalue weighted by atomic mass is 16.3. The molecular weight excluding hydrogens is 166 g/mol. The molecule has 0 radical (unpaired) electrons. The zero-order chi connectivity index (χ0) is 9.68. The number of para-hydroxylation sites is 1. The van der Waals surface area contributed by atoms with Crippen molar-refractivity contribution in [3.63, 3.8) is 0 Å². The summed E-state index contributed by atoms with van der Waals surface area (Å²) in [5, 5.41) is 12.5. The third kappa shape index (κ3) is 2.03. The molecular formula is C9H9N3O. The van der Waals surface area contributed by atoms with Crippen molar-refractivity contribution < 1.29 is 0 Å². The summed E-state index contributed by atoms with van der Waals surface area (Å²) in [6, 6.07) is 9.23. The van der Waals surface area contributed by atoms with Gasteiger partial charge in [-0.25, -0.2) is 5.01 Å². The van der Waals surface area contributed by atoms with Crippen LogP contribution in [0.2, 0.25) is 0 Å². The van der Waals surface area contributed by atoms with Gasteiger partial charge in [0.05, 0.1) is 23.5 Å². The Labute approximate surface area is 76.3 Å². The highest BCUT2D eigenvalue weighted by Gasteiger charge is 2.05. The quantitative estimate of drug-likeness (QED) is 0.520. The molecule has 0 saturated carbocycles. The minimum absolute atomic E-state index is 0.288. The van der Waals surface area contributed by atoms with Crippen LogP contribution in [0, 0.1) is 16.2 Å². The van der Waals surface area contributed by atoms with Crippen LogP contribution in [0.1, 0.15) is 5.56 Å². The third-order valence-corrected chi connectivity index (χ3v) is 1.73. The van der Waals surface area contributed by atoms with Crippen molar-refractivity contribution in [1.29, 1.82) is 5.26 Å². The van der Waals surface area contributed by atoms with Gasteiger partial charge in [-0.1, -0.05) is 18.2 Å². The molecule has 0 aliphatic heterocycles. The molecule has 0 N–H and O–H groups in total. The van der Waals surface area contributed by atoms with Gasteiger partial charge in [0, 0.05) is 7.05 Å². The number of hydrogen-bond donors (Lipinski definition) is 0. The molecule has 0 aliphatic rings. The molecule has 0 atom stereocenters. The van der Waals surface area contributed by atoms with Crippen molar-refractivity contribution in [3.05, 3.63) is 34.7 Å². The van der Waals surface area contributed by atoms with E-state index in [-0.39, 0.29) is 6.42 Å². The Morgan fingerprint density at radius 1 is 1.54 bits per heavy atom. The van der Waals surface area contributed by atoms with Gasteiger partial charge in [-0.15, -0.1) is 4.91 Å². The van der Waals surface area contributed by atoms with E-state index in [4.69, 9.17) is 5.26 Å². The lowest BCUT2D eigenvalue weighted by molar-refractivity contribution is 0.988. The minimum Gasteiger partial charge on any atom is -0.232 e. The Bertz CT molecular complexity index is 343. The smallest absolute Gasteiger partial charge is 0.0670 e. The molecule has 66 valence electrons. The molecule has 0 unspecified atom stereocenters. The fraction of sp³-hybridized carbons (Fsp3) is 0.222. The zero-order valence-electron chi connectivity index (χ0n) is 7.27. The van der Waals surface area contributed by atoms with Gasteiger partial charge in [0.1, 0.15) is 0 Å². The second-order valence-electron chi connectivity index (χ2n) is 2.57. The summed E-state index contributed by atoms with van der Waals surface area (Å²) in [4.78, 5) is 10.3. The van der Waals surface area contributed by atoms with E-state index in [9.17, 15) is 4.91 Å². The molecule has 4 heteroatoms. The second-order valence-corrected chi connectivity index (χ2v) is 2.57. The lowest BCUT2D eigenvalue weighted by Gasteiger charge is -2.11. The largest absolute Gasteiger partial charge is 0.232 e. The van der Waals surface area contributed by atoms with Gasteiger partial charge < -0.3 is 0 Å². The summed E-state index contributed by atoms with van der Waals surface area (Å²) < 4.78 is 0. The van der Waals surface area contributed by atoms with Crippen molar-refractivity contribution in [3.8, 4) is 6.07 Å². The molecule has 0 heterocycles. The Balaban J connectivity index is 3.05. The van der Waals surface area contributed by atoms with Crippen LogP contribution in [0.25, 0.3) is 0 Å². The van der Waals surface area contributed by atoms with Crippen LogP contribution < -0.4 is 5.01 Å². The molecule has 1 aromatic rings. The predicted octanol–water partition coefficient (Wildman–Crippen LogP) is 1.87. The maximum absolute atomic E-state index is 10.3. The van der Waals surface area contributed by atoms with Crippen molar-refractivity contribution in [1.82, 2.24) is 0 Å². The fourth-order valence-electron chi connectivity index (χ4n) is 1.11. The molecule has 0 spiro atoms. The molecule has 0 aromatic heterocycles. The van der Waals surface area contributed by atoms with Crippen LogP contribution in [-0.4, -0.2) is 7.05 Å². The summed E-state index contributed by atoms with van der Waals surface area (Å²) in [7, 11) is 1.56. The number of anilines is 1. The van der Waals surface area contributed by atoms with E-state index in [1.807, 2.05) is 12.1 Å². The number of benzene rings is 1. The van der Waals surface area contributed by atoms with Gasteiger partial charge in [0.25, 0.3) is 0 Å². The number of hydrogen-bond acceptors (Lipinski definition) is 3. The first-order chi connectivity index (χ1) is 6.29. The van der Waals surface area contributed by atoms with Crippen molar-refractivity contribution in [2.75, 3.05) is 12.1 Å². The molecule has 4 nitrogen and oxygen atoms in total.